The highest BCUT2D eigenvalue weighted by Gasteiger charge is 2.52. The Bertz CT molecular complexity index is 117. The molecule has 2 rings (SSSR count). The summed E-state index contributed by atoms with van der Waals surface area (Å²) in [6, 6.07) is 0.788. The molecule has 0 atom stereocenters. The number of likely N-dealkylation sites (tertiary alicyclic amines) is 1. The van der Waals surface area contributed by atoms with E-state index in [1.54, 1.807) is 0 Å². The van der Waals surface area contributed by atoms with Crippen LogP contribution >= 0.6 is 0 Å². The predicted octanol–water partition coefficient (Wildman–Crippen LogP) is 1.49. The van der Waals surface area contributed by atoms with Crippen LogP contribution in [0.4, 0.5) is 0 Å². The highest BCUT2D eigenvalue weighted by Crippen LogP contribution is 2.53. The van der Waals surface area contributed by atoms with Gasteiger partial charge in [-0.15, -0.1) is 0 Å². The van der Waals surface area contributed by atoms with E-state index in [0.29, 0.717) is 0 Å². The van der Waals surface area contributed by atoms with Gasteiger partial charge < -0.3 is 0 Å². The van der Waals surface area contributed by atoms with Crippen molar-refractivity contribution in [3.8, 4) is 0 Å². The van der Waals surface area contributed by atoms with Gasteiger partial charge in [0, 0.05) is 19.1 Å². The first kappa shape index (κ1) is 5.72. The molecular weight excluding hydrogens is 110 g/mol. The van der Waals surface area contributed by atoms with Gasteiger partial charge in [-0.2, -0.15) is 0 Å². The van der Waals surface area contributed by atoms with Gasteiger partial charge in [-0.1, -0.05) is 0 Å². The van der Waals surface area contributed by atoms with Gasteiger partial charge in [0.2, 0.25) is 0 Å². The molecule has 1 saturated heterocycles. The molecule has 0 amide bonds. The van der Waals surface area contributed by atoms with Crippen LogP contribution in [-0.2, 0) is 0 Å². The van der Waals surface area contributed by atoms with Crippen LogP contribution < -0.4 is 0 Å². The summed E-state index contributed by atoms with van der Waals surface area (Å²) in [6.45, 7) is 7.36. The third-order valence-corrected chi connectivity index (χ3v) is 2.76. The van der Waals surface area contributed by atoms with Gasteiger partial charge in [-0.25, -0.2) is 0 Å². The molecule has 1 heterocycles. The number of hydrogen-bond acceptors (Lipinski definition) is 1. The van der Waals surface area contributed by atoms with E-state index in [2.05, 4.69) is 18.7 Å². The van der Waals surface area contributed by atoms with Gasteiger partial charge in [-0.3, -0.25) is 4.90 Å². The van der Waals surface area contributed by atoms with E-state index in [4.69, 9.17) is 0 Å². The zero-order chi connectivity index (χ0) is 6.48. The molecule has 1 saturated carbocycles. The maximum Gasteiger partial charge on any atom is 0.00532 e. The molecule has 1 nitrogen and oxygen atoms in total. The number of nitrogens with zero attached hydrogens (tertiary/aromatic N) is 1. The Balaban J connectivity index is 1.83. The molecule has 0 aromatic carbocycles. The Labute approximate surface area is 57.0 Å². The fraction of sp³-hybridized carbons (Fsp3) is 1.00. The first-order chi connectivity index (χ1) is 4.22. The van der Waals surface area contributed by atoms with Crippen LogP contribution in [0.25, 0.3) is 0 Å². The summed E-state index contributed by atoms with van der Waals surface area (Å²) in [7, 11) is 0. The highest BCUT2D eigenvalue weighted by molar-refractivity contribution is 5.05. The van der Waals surface area contributed by atoms with E-state index < -0.39 is 0 Å². The third kappa shape index (κ3) is 0.787. The minimum Gasteiger partial charge on any atom is -0.300 e. The van der Waals surface area contributed by atoms with Gasteiger partial charge in [0.25, 0.3) is 0 Å². The summed E-state index contributed by atoms with van der Waals surface area (Å²) in [4.78, 5) is 2.56. The molecule has 0 aromatic rings. The van der Waals surface area contributed by atoms with Gasteiger partial charge in [0.05, 0.1) is 0 Å². The lowest BCUT2D eigenvalue weighted by molar-refractivity contribution is 0.0507. The molecule has 52 valence electrons. The first-order valence-electron chi connectivity index (χ1n) is 3.96. The Hall–Kier alpha value is -0.0400. The van der Waals surface area contributed by atoms with Crippen LogP contribution in [0, 0.1) is 5.41 Å². The molecule has 1 aliphatic heterocycles. The van der Waals surface area contributed by atoms with Crippen molar-refractivity contribution in [3.63, 3.8) is 0 Å². The fourth-order valence-electron chi connectivity index (χ4n) is 1.67. The maximum atomic E-state index is 2.56. The largest absolute Gasteiger partial charge is 0.300 e. The lowest BCUT2D eigenvalue weighted by Crippen LogP contribution is -2.51. The third-order valence-electron chi connectivity index (χ3n) is 2.76. The van der Waals surface area contributed by atoms with E-state index in [0.717, 1.165) is 11.5 Å². The average Bonchev–Trinajstić information content (AvgIpc) is 2.35. The van der Waals surface area contributed by atoms with Crippen LogP contribution in [0.15, 0.2) is 0 Å². The zero-order valence-electron chi connectivity index (χ0n) is 6.35. The van der Waals surface area contributed by atoms with Gasteiger partial charge in [-0.05, 0) is 32.1 Å². The molecule has 0 N–H and O–H groups in total. The topological polar surface area (TPSA) is 3.24 Å². The van der Waals surface area contributed by atoms with Gasteiger partial charge in [0.1, 0.15) is 0 Å². The van der Waals surface area contributed by atoms with Crippen LogP contribution in [-0.4, -0.2) is 24.0 Å². The van der Waals surface area contributed by atoms with E-state index in [-0.39, 0.29) is 0 Å². The summed E-state index contributed by atoms with van der Waals surface area (Å²) in [5, 5.41) is 0. The molecule has 1 heteroatoms. The molecule has 0 aromatic heterocycles. The van der Waals surface area contributed by atoms with Crippen molar-refractivity contribution in [1.29, 1.82) is 0 Å². The van der Waals surface area contributed by atoms with Crippen molar-refractivity contribution in [1.82, 2.24) is 4.90 Å². The highest BCUT2D eigenvalue weighted by atomic mass is 15.2. The van der Waals surface area contributed by atoms with Crippen LogP contribution in [0.2, 0.25) is 0 Å². The van der Waals surface area contributed by atoms with E-state index in [1.165, 1.54) is 25.9 Å². The first-order valence-corrected chi connectivity index (χ1v) is 3.96. The van der Waals surface area contributed by atoms with Gasteiger partial charge >= 0.3 is 0 Å². The summed E-state index contributed by atoms with van der Waals surface area (Å²) in [5.74, 6) is 0. The monoisotopic (exact) mass is 125 g/mol. The molecule has 0 bridgehead atoms. The molecular formula is C8H15N. The SMILES string of the molecule is CC(C)N1CC2(CC2)C1. The van der Waals surface area contributed by atoms with Crippen molar-refractivity contribution in [2.75, 3.05) is 13.1 Å². The Morgan fingerprint density at radius 2 is 1.78 bits per heavy atom. The summed E-state index contributed by atoms with van der Waals surface area (Å²) in [6.07, 6.45) is 3.02. The molecule has 1 spiro atoms. The molecule has 0 radical (unpaired) electrons. The van der Waals surface area contributed by atoms with E-state index >= 15 is 0 Å². The van der Waals surface area contributed by atoms with Crippen molar-refractivity contribution in [2.45, 2.75) is 32.7 Å². The minimum atomic E-state index is 0.788. The number of hydrogen-bond donors (Lipinski definition) is 0. The fourth-order valence-corrected chi connectivity index (χ4v) is 1.67. The second-order valence-corrected chi connectivity index (χ2v) is 4.00. The Morgan fingerprint density at radius 3 is 2.11 bits per heavy atom. The second-order valence-electron chi connectivity index (χ2n) is 4.00. The lowest BCUT2D eigenvalue weighted by Gasteiger charge is -2.42. The van der Waals surface area contributed by atoms with Crippen LogP contribution in [0.3, 0.4) is 0 Å². The summed E-state index contributed by atoms with van der Waals surface area (Å²) < 4.78 is 0. The van der Waals surface area contributed by atoms with E-state index in [1.807, 2.05) is 0 Å². The molecule has 2 fully saturated rings. The van der Waals surface area contributed by atoms with Crippen molar-refractivity contribution < 1.29 is 0 Å². The minimum absolute atomic E-state index is 0.788. The summed E-state index contributed by atoms with van der Waals surface area (Å²) >= 11 is 0. The van der Waals surface area contributed by atoms with Crippen molar-refractivity contribution >= 4 is 0 Å². The number of rotatable bonds is 1. The normalized spacial score (nSPS) is 31.0. The lowest BCUT2D eigenvalue weighted by atomic mass is 9.95. The average molecular weight is 125 g/mol. The quantitative estimate of drug-likeness (QED) is 0.513. The van der Waals surface area contributed by atoms with Crippen molar-refractivity contribution in [2.24, 2.45) is 5.41 Å². The Kier molecular flexibility index (Phi) is 0.963. The molecule has 1 aliphatic carbocycles. The summed E-state index contributed by atoms with van der Waals surface area (Å²) in [5.41, 5.74) is 0.851. The molecule has 9 heavy (non-hydrogen) atoms. The van der Waals surface area contributed by atoms with E-state index in [9.17, 15) is 0 Å². The second kappa shape index (κ2) is 1.51. The smallest absolute Gasteiger partial charge is 0.00532 e. The maximum absolute atomic E-state index is 2.56. The van der Waals surface area contributed by atoms with Crippen molar-refractivity contribution in [3.05, 3.63) is 0 Å². The van der Waals surface area contributed by atoms with Crippen LogP contribution in [0.5, 0.6) is 0 Å². The molecule has 2 aliphatic rings. The van der Waals surface area contributed by atoms with Crippen LogP contribution in [0.1, 0.15) is 26.7 Å². The molecule has 0 unspecified atom stereocenters. The van der Waals surface area contributed by atoms with Gasteiger partial charge in [0.15, 0.2) is 0 Å². The standard InChI is InChI=1S/C8H15N/c1-7(2)9-5-8(6-9)3-4-8/h7H,3-6H2,1-2H3. The zero-order valence-corrected chi connectivity index (χ0v) is 6.35. The Morgan fingerprint density at radius 1 is 1.22 bits per heavy atom. The predicted molar refractivity (Wildman–Crippen MR) is 38.4 cm³/mol.